The van der Waals surface area contributed by atoms with Gasteiger partial charge in [0.25, 0.3) is 0 Å². The third kappa shape index (κ3) is 2.85. The van der Waals surface area contributed by atoms with Gasteiger partial charge in [-0.15, -0.1) is 0 Å². The molecule has 0 aliphatic rings. The van der Waals surface area contributed by atoms with Gasteiger partial charge in [-0.3, -0.25) is 0 Å². The first-order chi connectivity index (χ1) is 12.8. The number of allylic oxidation sites excluding steroid dienone is 1. The Morgan fingerprint density at radius 3 is 2.27 bits per heavy atom. The van der Waals surface area contributed by atoms with Crippen molar-refractivity contribution in [1.82, 2.24) is 0 Å². The summed E-state index contributed by atoms with van der Waals surface area (Å²) in [6.07, 6.45) is 4.27. The molecule has 0 aliphatic heterocycles. The number of nitrogens with two attached hydrogens (primary N) is 1. The minimum Gasteiger partial charge on any atom is -0.372 e. The van der Waals surface area contributed by atoms with Crippen LogP contribution >= 0.6 is 0 Å². The Kier molecular flexibility index (Phi) is 4.42. The molecule has 3 N–H and O–H groups in total. The van der Waals surface area contributed by atoms with Gasteiger partial charge in [0.15, 0.2) is 0 Å². The van der Waals surface area contributed by atoms with Crippen LogP contribution in [-0.4, -0.2) is 6.67 Å². The highest BCUT2D eigenvalue weighted by atomic mass is 15.0. The normalized spacial score (nSPS) is 11.5. The summed E-state index contributed by atoms with van der Waals surface area (Å²) in [6.45, 7) is 2.46. The van der Waals surface area contributed by atoms with Crippen molar-refractivity contribution in [2.45, 2.75) is 6.92 Å². The van der Waals surface area contributed by atoms with Gasteiger partial charge in [-0.1, -0.05) is 66.7 Å². The van der Waals surface area contributed by atoms with Crippen LogP contribution in [-0.2, 0) is 0 Å². The second-order valence-electron chi connectivity index (χ2n) is 6.38. The number of hydrogen-bond acceptors (Lipinski definition) is 2. The van der Waals surface area contributed by atoms with Crippen LogP contribution in [0, 0.1) is 0 Å². The van der Waals surface area contributed by atoms with E-state index in [-0.39, 0.29) is 0 Å². The lowest BCUT2D eigenvalue weighted by Gasteiger charge is -2.17. The molecule has 0 unspecified atom stereocenters. The Hall–Kier alpha value is -3.10. The summed E-state index contributed by atoms with van der Waals surface area (Å²) in [6, 6.07) is 25.8. The molecule has 0 fully saturated rings. The zero-order valence-corrected chi connectivity index (χ0v) is 14.9. The van der Waals surface area contributed by atoms with E-state index < -0.39 is 0 Å². The number of nitrogens with one attached hydrogen (secondary N) is 1. The van der Waals surface area contributed by atoms with Gasteiger partial charge in [-0.25, -0.2) is 0 Å². The largest absolute Gasteiger partial charge is 0.372 e. The van der Waals surface area contributed by atoms with E-state index >= 15 is 0 Å². The standard InChI is InChI=1S/C24H22N2/c1-2-7-20-14-18-9-3-4-10-19(18)15-22(20)24-21-11-6-5-8-17(21)12-13-23(24)26-16-25/h2-15,26H,16,25H2,1H3/b7-2-. The number of benzene rings is 4. The molecule has 4 rings (SSSR count). The fourth-order valence-corrected chi connectivity index (χ4v) is 3.61. The number of fused-ring (bicyclic) bond motifs is 2. The maximum Gasteiger partial charge on any atom is 0.0628 e. The molecule has 2 heteroatoms. The summed E-state index contributed by atoms with van der Waals surface area (Å²) in [7, 11) is 0. The highest BCUT2D eigenvalue weighted by molar-refractivity contribution is 6.06. The average Bonchev–Trinajstić information content (AvgIpc) is 2.68. The van der Waals surface area contributed by atoms with E-state index in [9.17, 15) is 0 Å². The lowest BCUT2D eigenvalue weighted by Crippen LogP contribution is -2.11. The molecule has 26 heavy (non-hydrogen) atoms. The highest BCUT2D eigenvalue weighted by Gasteiger charge is 2.13. The Balaban J connectivity index is 2.11. The topological polar surface area (TPSA) is 38.0 Å². The summed E-state index contributed by atoms with van der Waals surface area (Å²) in [5.74, 6) is 0. The minimum atomic E-state index is 0.401. The molecule has 0 spiro atoms. The molecule has 4 aromatic rings. The fourth-order valence-electron chi connectivity index (χ4n) is 3.61. The Morgan fingerprint density at radius 2 is 1.54 bits per heavy atom. The van der Waals surface area contributed by atoms with Gasteiger partial charge in [-0.05, 0) is 57.8 Å². The first-order valence-electron chi connectivity index (χ1n) is 8.93. The van der Waals surface area contributed by atoms with Gasteiger partial charge < -0.3 is 11.1 Å². The van der Waals surface area contributed by atoms with Crippen molar-refractivity contribution in [3.05, 3.63) is 84.4 Å². The first-order valence-corrected chi connectivity index (χ1v) is 8.93. The second-order valence-corrected chi connectivity index (χ2v) is 6.38. The van der Waals surface area contributed by atoms with E-state index in [1.807, 2.05) is 0 Å². The molecular weight excluding hydrogens is 316 g/mol. The monoisotopic (exact) mass is 338 g/mol. The summed E-state index contributed by atoms with van der Waals surface area (Å²) in [4.78, 5) is 0. The van der Waals surface area contributed by atoms with Crippen LogP contribution < -0.4 is 11.1 Å². The minimum absolute atomic E-state index is 0.401. The zero-order valence-electron chi connectivity index (χ0n) is 14.9. The molecule has 4 aromatic carbocycles. The van der Waals surface area contributed by atoms with E-state index in [1.165, 1.54) is 38.2 Å². The van der Waals surface area contributed by atoms with Crippen molar-refractivity contribution < 1.29 is 0 Å². The number of rotatable bonds is 4. The van der Waals surface area contributed by atoms with E-state index in [4.69, 9.17) is 5.73 Å². The lowest BCUT2D eigenvalue weighted by molar-refractivity contribution is 1.15. The highest BCUT2D eigenvalue weighted by Crippen LogP contribution is 2.39. The summed E-state index contributed by atoms with van der Waals surface area (Å²) in [5.41, 5.74) is 10.5. The molecule has 0 saturated carbocycles. The molecule has 128 valence electrons. The Labute approximate surface area is 154 Å². The summed E-state index contributed by atoms with van der Waals surface area (Å²) in [5, 5.41) is 8.28. The molecule has 0 heterocycles. The molecule has 0 aliphatic carbocycles. The van der Waals surface area contributed by atoms with Crippen molar-refractivity contribution in [3.8, 4) is 11.1 Å². The van der Waals surface area contributed by atoms with Gasteiger partial charge >= 0.3 is 0 Å². The van der Waals surface area contributed by atoms with Crippen molar-refractivity contribution in [1.29, 1.82) is 0 Å². The summed E-state index contributed by atoms with van der Waals surface area (Å²) < 4.78 is 0. The Bertz CT molecular complexity index is 1110. The van der Waals surface area contributed by atoms with Crippen LogP contribution in [0.5, 0.6) is 0 Å². The van der Waals surface area contributed by atoms with Gasteiger partial charge in [0, 0.05) is 11.3 Å². The molecule has 0 saturated heterocycles. The molecule has 0 aromatic heterocycles. The molecule has 0 bridgehead atoms. The maximum atomic E-state index is 5.81. The number of hydrogen-bond donors (Lipinski definition) is 2. The predicted molar refractivity (Wildman–Crippen MR) is 114 cm³/mol. The predicted octanol–water partition coefficient (Wildman–Crippen LogP) is 6.02. The number of anilines is 1. The van der Waals surface area contributed by atoms with Crippen LogP contribution in [0.25, 0.3) is 38.7 Å². The average molecular weight is 338 g/mol. The third-order valence-electron chi connectivity index (χ3n) is 4.75. The SMILES string of the molecule is C/C=C\c1cc2ccccc2cc1-c1c(NCN)ccc2ccccc12. The fraction of sp³-hybridized carbons (Fsp3) is 0.0833. The molecule has 0 radical (unpaired) electrons. The van der Waals surface area contributed by atoms with Gasteiger partial charge in [0.2, 0.25) is 0 Å². The molecular formula is C24H22N2. The Morgan fingerprint density at radius 1 is 0.846 bits per heavy atom. The van der Waals surface area contributed by atoms with Crippen LogP contribution in [0.3, 0.4) is 0 Å². The molecule has 2 nitrogen and oxygen atoms in total. The zero-order chi connectivity index (χ0) is 17.9. The van der Waals surface area contributed by atoms with Gasteiger partial charge in [0.05, 0.1) is 6.67 Å². The van der Waals surface area contributed by atoms with Crippen LogP contribution in [0.15, 0.2) is 78.9 Å². The molecule has 0 atom stereocenters. The van der Waals surface area contributed by atoms with Gasteiger partial charge in [-0.2, -0.15) is 0 Å². The van der Waals surface area contributed by atoms with Crippen molar-refractivity contribution in [3.63, 3.8) is 0 Å². The van der Waals surface area contributed by atoms with Crippen molar-refractivity contribution in [2.24, 2.45) is 5.73 Å². The van der Waals surface area contributed by atoms with E-state index in [2.05, 4.69) is 97.2 Å². The van der Waals surface area contributed by atoms with E-state index in [0.29, 0.717) is 6.67 Å². The van der Waals surface area contributed by atoms with E-state index in [0.717, 1.165) is 5.69 Å². The third-order valence-corrected chi connectivity index (χ3v) is 4.75. The van der Waals surface area contributed by atoms with E-state index in [1.54, 1.807) is 0 Å². The lowest BCUT2D eigenvalue weighted by atomic mass is 9.90. The summed E-state index contributed by atoms with van der Waals surface area (Å²) >= 11 is 0. The van der Waals surface area contributed by atoms with Crippen LogP contribution in [0.1, 0.15) is 12.5 Å². The first kappa shape index (κ1) is 16.4. The van der Waals surface area contributed by atoms with Crippen molar-refractivity contribution >= 4 is 33.3 Å². The van der Waals surface area contributed by atoms with Gasteiger partial charge in [0.1, 0.15) is 0 Å². The van der Waals surface area contributed by atoms with Crippen LogP contribution in [0.2, 0.25) is 0 Å². The molecule has 0 amide bonds. The van der Waals surface area contributed by atoms with Crippen LogP contribution in [0.4, 0.5) is 5.69 Å². The van der Waals surface area contributed by atoms with Crippen molar-refractivity contribution in [2.75, 3.05) is 12.0 Å². The smallest absolute Gasteiger partial charge is 0.0628 e. The quantitative estimate of drug-likeness (QED) is 0.446. The second kappa shape index (κ2) is 7.03. The maximum absolute atomic E-state index is 5.81.